The van der Waals surface area contributed by atoms with Crippen LogP contribution in [0.4, 0.5) is 5.69 Å². The molecule has 0 saturated carbocycles. The number of amides is 3. The van der Waals surface area contributed by atoms with Gasteiger partial charge in [-0.3, -0.25) is 24.6 Å². The number of imide groups is 1. The third kappa shape index (κ3) is 3.16. The molecule has 4 aromatic rings. The van der Waals surface area contributed by atoms with Crippen molar-refractivity contribution in [1.29, 1.82) is 0 Å². The number of likely N-dealkylation sites (tertiary alicyclic amines) is 1. The SMILES string of the molecule is O=C1C2C(Cc3c[nH]c4ccccc34)NC3(C(=O)Nc4ccc(Cl)cc43)C2C(=O)N1Cc1ccc2c(c1)OCO2. The summed E-state index contributed by atoms with van der Waals surface area (Å²) in [6.45, 7) is 0.201. The zero-order chi connectivity index (χ0) is 27.2. The second kappa shape index (κ2) is 8.33. The van der Waals surface area contributed by atoms with Crippen molar-refractivity contribution in [3.8, 4) is 11.5 Å². The number of para-hydroxylation sites is 1. The molecule has 4 unspecified atom stereocenters. The Morgan fingerprint density at radius 3 is 2.73 bits per heavy atom. The fourth-order valence-electron chi connectivity index (χ4n) is 6.92. The number of hydrogen-bond donors (Lipinski definition) is 3. The van der Waals surface area contributed by atoms with Gasteiger partial charge in [0.15, 0.2) is 11.5 Å². The number of hydrogen-bond acceptors (Lipinski definition) is 6. The van der Waals surface area contributed by atoms with Crippen molar-refractivity contribution in [3.05, 3.63) is 88.6 Å². The number of carbonyl (C=O) groups is 3. The van der Waals surface area contributed by atoms with Crippen LogP contribution in [0.25, 0.3) is 10.9 Å². The van der Waals surface area contributed by atoms with Gasteiger partial charge in [-0.05, 0) is 53.9 Å². The van der Waals surface area contributed by atoms with Crippen LogP contribution in [-0.4, -0.2) is 40.4 Å². The molecule has 3 aromatic carbocycles. The lowest BCUT2D eigenvalue weighted by Crippen LogP contribution is -2.53. The molecule has 1 aromatic heterocycles. The number of aromatic nitrogens is 1. The number of halogens is 1. The molecule has 5 heterocycles. The molecular weight excluding hydrogens is 532 g/mol. The summed E-state index contributed by atoms with van der Waals surface area (Å²) in [5.41, 5.74) is 2.48. The van der Waals surface area contributed by atoms with E-state index < -0.39 is 23.4 Å². The van der Waals surface area contributed by atoms with Crippen LogP contribution in [0.5, 0.6) is 11.5 Å². The number of nitrogens with one attached hydrogen (secondary N) is 3. The van der Waals surface area contributed by atoms with Crippen LogP contribution in [0, 0.1) is 11.8 Å². The molecule has 10 heteroatoms. The molecule has 40 heavy (non-hydrogen) atoms. The molecule has 200 valence electrons. The molecule has 9 nitrogen and oxygen atoms in total. The Bertz CT molecular complexity index is 1770. The van der Waals surface area contributed by atoms with Crippen LogP contribution >= 0.6 is 11.6 Å². The van der Waals surface area contributed by atoms with Gasteiger partial charge in [0.25, 0.3) is 0 Å². The van der Waals surface area contributed by atoms with Crippen LogP contribution in [0.1, 0.15) is 16.7 Å². The molecule has 0 aliphatic carbocycles. The summed E-state index contributed by atoms with van der Waals surface area (Å²) in [5.74, 6) is -1.51. The number of H-pyrrole nitrogens is 1. The predicted molar refractivity (Wildman–Crippen MR) is 146 cm³/mol. The summed E-state index contributed by atoms with van der Waals surface area (Å²) >= 11 is 6.38. The van der Waals surface area contributed by atoms with E-state index in [9.17, 15) is 14.4 Å². The zero-order valence-electron chi connectivity index (χ0n) is 21.1. The number of benzene rings is 3. The lowest BCUT2D eigenvalue weighted by Gasteiger charge is -2.29. The maximum absolute atomic E-state index is 14.2. The first kappa shape index (κ1) is 23.5. The van der Waals surface area contributed by atoms with E-state index in [1.807, 2.05) is 36.5 Å². The van der Waals surface area contributed by atoms with Gasteiger partial charge < -0.3 is 19.8 Å². The number of ether oxygens (including phenoxy) is 2. The molecule has 2 saturated heterocycles. The Hall–Kier alpha value is -4.34. The third-order valence-electron chi connectivity index (χ3n) is 8.66. The number of carbonyl (C=O) groups excluding carboxylic acids is 3. The minimum Gasteiger partial charge on any atom is -0.454 e. The summed E-state index contributed by atoms with van der Waals surface area (Å²) in [7, 11) is 0. The monoisotopic (exact) mass is 554 g/mol. The minimum absolute atomic E-state index is 0.0706. The number of anilines is 1. The third-order valence-corrected chi connectivity index (χ3v) is 8.90. The van der Waals surface area contributed by atoms with Crippen LogP contribution in [-0.2, 0) is 32.9 Å². The van der Waals surface area contributed by atoms with Crippen molar-refractivity contribution in [1.82, 2.24) is 15.2 Å². The molecule has 4 atom stereocenters. The van der Waals surface area contributed by atoms with Crippen LogP contribution in [0.3, 0.4) is 0 Å². The molecule has 8 rings (SSSR count). The molecule has 3 amide bonds. The largest absolute Gasteiger partial charge is 0.454 e. The summed E-state index contributed by atoms with van der Waals surface area (Å²) in [6, 6.07) is 18.0. The average molecular weight is 555 g/mol. The van der Waals surface area contributed by atoms with Gasteiger partial charge in [0.2, 0.25) is 24.5 Å². The van der Waals surface area contributed by atoms with Gasteiger partial charge in [-0.25, -0.2) is 0 Å². The van der Waals surface area contributed by atoms with Crippen molar-refractivity contribution >= 4 is 45.9 Å². The second-order valence-corrected chi connectivity index (χ2v) is 11.2. The highest BCUT2D eigenvalue weighted by molar-refractivity contribution is 6.31. The Labute approximate surface area is 233 Å². The Kier molecular flexibility index (Phi) is 4.90. The first-order valence-corrected chi connectivity index (χ1v) is 13.5. The highest BCUT2D eigenvalue weighted by Crippen LogP contribution is 2.54. The first-order chi connectivity index (χ1) is 19.4. The predicted octanol–water partition coefficient (Wildman–Crippen LogP) is 3.71. The molecule has 1 spiro atoms. The maximum Gasteiger partial charge on any atom is 0.250 e. The number of fused-ring (bicyclic) bond motifs is 6. The van der Waals surface area contributed by atoms with E-state index in [1.54, 1.807) is 30.3 Å². The Morgan fingerprint density at radius 2 is 1.82 bits per heavy atom. The van der Waals surface area contributed by atoms with Gasteiger partial charge in [0.05, 0.1) is 18.4 Å². The highest BCUT2D eigenvalue weighted by Gasteiger charge is 2.70. The Balaban J connectivity index is 1.22. The minimum atomic E-state index is -1.42. The number of nitrogens with zero attached hydrogens (tertiary/aromatic N) is 1. The molecule has 2 fully saturated rings. The lowest BCUT2D eigenvalue weighted by molar-refractivity contribution is -0.143. The van der Waals surface area contributed by atoms with Gasteiger partial charge >= 0.3 is 0 Å². The summed E-state index contributed by atoms with van der Waals surface area (Å²) in [5, 5.41) is 7.91. The fourth-order valence-corrected chi connectivity index (χ4v) is 7.10. The van der Waals surface area contributed by atoms with Gasteiger partial charge in [-0.2, -0.15) is 0 Å². The van der Waals surface area contributed by atoms with Gasteiger partial charge in [-0.1, -0.05) is 35.9 Å². The van der Waals surface area contributed by atoms with Gasteiger partial charge in [0.1, 0.15) is 5.54 Å². The van der Waals surface area contributed by atoms with E-state index in [2.05, 4.69) is 15.6 Å². The second-order valence-electron chi connectivity index (χ2n) is 10.7. The first-order valence-electron chi connectivity index (χ1n) is 13.1. The van der Waals surface area contributed by atoms with Gasteiger partial charge in [-0.15, -0.1) is 0 Å². The molecule has 3 N–H and O–H groups in total. The van der Waals surface area contributed by atoms with Crippen molar-refractivity contribution in [2.24, 2.45) is 11.8 Å². The summed E-state index contributed by atoms with van der Waals surface area (Å²) in [6.07, 6.45) is 2.38. The maximum atomic E-state index is 14.2. The van der Waals surface area contributed by atoms with E-state index in [4.69, 9.17) is 21.1 Å². The zero-order valence-corrected chi connectivity index (χ0v) is 21.8. The van der Waals surface area contributed by atoms with E-state index >= 15 is 0 Å². The van der Waals surface area contributed by atoms with Crippen molar-refractivity contribution in [2.45, 2.75) is 24.5 Å². The van der Waals surface area contributed by atoms with Crippen molar-refractivity contribution in [2.75, 3.05) is 12.1 Å². The van der Waals surface area contributed by atoms with Crippen molar-refractivity contribution < 1.29 is 23.9 Å². The fraction of sp³-hybridized carbons (Fsp3) is 0.233. The van der Waals surface area contributed by atoms with Gasteiger partial charge in [0, 0.05) is 39.4 Å². The quantitative estimate of drug-likeness (QED) is 0.332. The van der Waals surface area contributed by atoms with E-state index in [0.29, 0.717) is 34.2 Å². The van der Waals surface area contributed by atoms with Crippen LogP contribution < -0.4 is 20.1 Å². The van der Waals surface area contributed by atoms with Crippen LogP contribution in [0.15, 0.2) is 66.9 Å². The normalized spacial score (nSPS) is 26.2. The van der Waals surface area contributed by atoms with Crippen LogP contribution in [0.2, 0.25) is 5.02 Å². The summed E-state index contributed by atoms with van der Waals surface area (Å²) < 4.78 is 10.9. The molecule has 4 aliphatic heterocycles. The molecule has 4 aliphatic rings. The number of rotatable bonds is 4. The van der Waals surface area contributed by atoms with Crippen molar-refractivity contribution in [3.63, 3.8) is 0 Å². The molecule has 0 radical (unpaired) electrons. The highest BCUT2D eigenvalue weighted by atomic mass is 35.5. The number of aromatic amines is 1. The molecule has 0 bridgehead atoms. The van der Waals surface area contributed by atoms with E-state index in [-0.39, 0.29) is 31.1 Å². The van der Waals surface area contributed by atoms with E-state index in [0.717, 1.165) is 22.0 Å². The average Bonchev–Trinajstić information content (AvgIpc) is 3.75. The molecular formula is C30H23ClN4O5. The standard InChI is InChI=1S/C30H23ClN4O5/c31-17-6-7-21-19(11-17)30(29(38)33-21)26-25(22(34-30)10-16-12-32-20-4-2-1-3-18(16)20)27(36)35(28(26)37)13-15-5-8-23-24(9-15)40-14-39-23/h1-9,11-12,22,25-26,32,34H,10,13-14H2,(H,33,38). The Morgan fingerprint density at radius 1 is 0.975 bits per heavy atom. The summed E-state index contributed by atoms with van der Waals surface area (Å²) in [4.78, 5) is 46.6. The topological polar surface area (TPSA) is 113 Å². The lowest BCUT2D eigenvalue weighted by atomic mass is 9.76. The smallest absolute Gasteiger partial charge is 0.250 e. The van der Waals surface area contributed by atoms with E-state index in [1.165, 1.54) is 4.90 Å².